The predicted molar refractivity (Wildman–Crippen MR) is 112 cm³/mol. The smallest absolute Gasteiger partial charge is 0.352 e. The Bertz CT molecular complexity index is 1080. The second-order valence-electron chi connectivity index (χ2n) is 7.30. The van der Waals surface area contributed by atoms with Gasteiger partial charge < -0.3 is 29.8 Å². The van der Waals surface area contributed by atoms with Crippen molar-refractivity contribution in [2.24, 2.45) is 0 Å². The molecule has 1 saturated heterocycles. The lowest BCUT2D eigenvalue weighted by Gasteiger charge is -2.30. The second-order valence-corrected chi connectivity index (χ2v) is 7.30. The molecular formula is C21H23F2N5O4. The van der Waals surface area contributed by atoms with Gasteiger partial charge >= 0.3 is 5.69 Å². The number of ether oxygens (including phenoxy) is 3. The highest BCUT2D eigenvalue weighted by atomic mass is 19.1. The van der Waals surface area contributed by atoms with Gasteiger partial charge in [0.2, 0.25) is 5.88 Å². The van der Waals surface area contributed by atoms with Crippen molar-refractivity contribution in [3.8, 4) is 11.6 Å². The highest BCUT2D eigenvalue weighted by molar-refractivity contribution is 5.73. The first-order valence-corrected chi connectivity index (χ1v) is 10.2. The van der Waals surface area contributed by atoms with Gasteiger partial charge in [-0.05, 0) is 24.6 Å². The Kier molecular flexibility index (Phi) is 6.35. The molecule has 3 heterocycles. The van der Waals surface area contributed by atoms with Crippen LogP contribution in [0.5, 0.6) is 11.6 Å². The summed E-state index contributed by atoms with van der Waals surface area (Å²) in [5, 5.41) is 10.1. The Morgan fingerprint density at radius 2 is 2.16 bits per heavy atom. The van der Waals surface area contributed by atoms with Crippen molar-refractivity contribution in [1.29, 1.82) is 5.41 Å². The van der Waals surface area contributed by atoms with E-state index in [0.717, 1.165) is 18.3 Å². The maximum atomic E-state index is 14.5. The molecule has 0 amide bonds. The first-order chi connectivity index (χ1) is 15.5. The van der Waals surface area contributed by atoms with E-state index in [1.165, 1.54) is 6.20 Å². The van der Waals surface area contributed by atoms with E-state index in [-0.39, 0.29) is 29.9 Å². The number of aromatic nitrogens is 2. The number of nitrogens with zero attached hydrogens (tertiary/aromatic N) is 3. The molecule has 1 atom stereocenters. The number of hydrogen-bond donors (Lipinski definition) is 2. The van der Waals surface area contributed by atoms with Crippen molar-refractivity contribution >= 4 is 12.0 Å². The maximum Gasteiger partial charge on any atom is 0.352 e. The number of fused-ring (bicyclic) bond motifs is 3. The van der Waals surface area contributed by atoms with E-state index < -0.39 is 23.1 Å². The zero-order valence-corrected chi connectivity index (χ0v) is 17.4. The van der Waals surface area contributed by atoms with Crippen molar-refractivity contribution in [3.05, 3.63) is 57.8 Å². The Labute approximate surface area is 182 Å². The molecule has 0 bridgehead atoms. The topological polar surface area (TPSA) is 102 Å². The number of hydrogen-bond acceptors (Lipinski definition) is 8. The van der Waals surface area contributed by atoms with Crippen LogP contribution in [-0.4, -0.2) is 48.1 Å². The average Bonchev–Trinajstić information content (AvgIpc) is 3.16. The molecule has 2 aromatic rings. The molecule has 0 spiro atoms. The standard InChI is InChI=1S/C21H23F2N5O4/c1-2-25-9-15(8-24)32-20-16(22)5-13(6-17(20)23)11-31-18-7-19-27-3-4-30-12-14(27)10-28(19)21(29)26-18/h5-9,14,24-25H,2-4,10-12H2,1H3/b15-9+,24-8?. The molecule has 2 aliphatic heterocycles. The summed E-state index contributed by atoms with van der Waals surface area (Å²) in [6.45, 7) is 4.46. The van der Waals surface area contributed by atoms with E-state index in [4.69, 9.17) is 19.6 Å². The second kappa shape index (κ2) is 9.35. The van der Waals surface area contributed by atoms with E-state index in [0.29, 0.717) is 38.7 Å². The molecular weight excluding hydrogens is 424 g/mol. The minimum Gasteiger partial charge on any atom is -0.473 e. The van der Waals surface area contributed by atoms with Crippen molar-refractivity contribution in [2.75, 3.05) is 31.2 Å². The van der Waals surface area contributed by atoms with Gasteiger partial charge in [-0.2, -0.15) is 4.98 Å². The van der Waals surface area contributed by atoms with Gasteiger partial charge in [0.25, 0.3) is 0 Å². The maximum absolute atomic E-state index is 14.5. The van der Waals surface area contributed by atoms with Crippen LogP contribution in [0.4, 0.5) is 14.6 Å². The molecule has 2 aliphatic rings. The van der Waals surface area contributed by atoms with E-state index in [1.807, 2.05) is 6.92 Å². The molecule has 1 unspecified atom stereocenters. The van der Waals surface area contributed by atoms with Gasteiger partial charge in [0.05, 0.1) is 32.0 Å². The van der Waals surface area contributed by atoms with Crippen LogP contribution >= 0.6 is 0 Å². The Balaban J connectivity index is 1.48. The average molecular weight is 447 g/mol. The van der Waals surface area contributed by atoms with Crippen LogP contribution in [0.1, 0.15) is 12.5 Å². The molecule has 2 N–H and O–H groups in total. The highest BCUT2D eigenvalue weighted by Crippen LogP contribution is 2.29. The Morgan fingerprint density at radius 1 is 1.38 bits per heavy atom. The molecule has 0 saturated carbocycles. The summed E-state index contributed by atoms with van der Waals surface area (Å²) in [6, 6.07) is 3.88. The highest BCUT2D eigenvalue weighted by Gasteiger charge is 2.33. The molecule has 1 fully saturated rings. The molecule has 0 aliphatic carbocycles. The number of morpholine rings is 1. The molecule has 0 radical (unpaired) electrons. The lowest BCUT2D eigenvalue weighted by atomic mass is 10.2. The third-order valence-electron chi connectivity index (χ3n) is 5.14. The van der Waals surface area contributed by atoms with Gasteiger partial charge in [-0.3, -0.25) is 4.57 Å². The minimum atomic E-state index is -0.939. The van der Waals surface area contributed by atoms with Crippen LogP contribution in [0.25, 0.3) is 0 Å². The summed E-state index contributed by atoms with van der Waals surface area (Å²) in [5.41, 5.74) is -0.245. The van der Waals surface area contributed by atoms with Crippen LogP contribution < -0.4 is 25.4 Å². The fraction of sp³-hybridized carbons (Fsp3) is 0.381. The van der Waals surface area contributed by atoms with Crippen LogP contribution in [0.3, 0.4) is 0 Å². The summed E-state index contributed by atoms with van der Waals surface area (Å²) >= 11 is 0. The van der Waals surface area contributed by atoms with E-state index in [9.17, 15) is 13.6 Å². The van der Waals surface area contributed by atoms with Gasteiger partial charge in [0.15, 0.2) is 23.1 Å². The lowest BCUT2D eigenvalue weighted by molar-refractivity contribution is 0.0956. The number of benzene rings is 1. The lowest BCUT2D eigenvalue weighted by Crippen LogP contribution is -2.43. The van der Waals surface area contributed by atoms with Gasteiger partial charge in [-0.1, -0.05) is 0 Å². The summed E-state index contributed by atoms with van der Waals surface area (Å²) in [7, 11) is 0. The number of allylic oxidation sites excluding steroid dienone is 1. The monoisotopic (exact) mass is 447 g/mol. The van der Waals surface area contributed by atoms with Crippen LogP contribution in [0.15, 0.2) is 35.0 Å². The summed E-state index contributed by atoms with van der Waals surface area (Å²) in [6.07, 6.45) is 2.19. The van der Waals surface area contributed by atoms with Crippen LogP contribution in [-0.2, 0) is 17.9 Å². The molecule has 11 heteroatoms. The number of nitrogens with one attached hydrogen (secondary N) is 2. The number of rotatable bonds is 8. The largest absolute Gasteiger partial charge is 0.473 e. The Hall–Kier alpha value is -3.47. The van der Waals surface area contributed by atoms with Crippen molar-refractivity contribution in [3.63, 3.8) is 0 Å². The zero-order chi connectivity index (χ0) is 22.7. The van der Waals surface area contributed by atoms with Crippen molar-refractivity contribution in [1.82, 2.24) is 14.9 Å². The third-order valence-corrected chi connectivity index (χ3v) is 5.14. The first-order valence-electron chi connectivity index (χ1n) is 10.2. The van der Waals surface area contributed by atoms with Crippen LogP contribution in [0, 0.1) is 17.0 Å². The summed E-state index contributed by atoms with van der Waals surface area (Å²) < 4.78 is 46.7. The minimum absolute atomic E-state index is 0.0436. The molecule has 9 nitrogen and oxygen atoms in total. The van der Waals surface area contributed by atoms with Gasteiger partial charge in [-0.25, -0.2) is 13.6 Å². The zero-order valence-electron chi connectivity index (χ0n) is 17.4. The van der Waals surface area contributed by atoms with Crippen molar-refractivity contribution in [2.45, 2.75) is 26.1 Å². The van der Waals surface area contributed by atoms with Gasteiger partial charge in [0, 0.05) is 25.4 Å². The normalized spacial score (nSPS) is 17.5. The summed E-state index contributed by atoms with van der Waals surface area (Å²) in [4.78, 5) is 18.4. The quantitative estimate of drug-likeness (QED) is 0.470. The third kappa shape index (κ3) is 4.42. The van der Waals surface area contributed by atoms with Crippen LogP contribution in [0.2, 0.25) is 0 Å². The number of anilines is 1. The molecule has 1 aromatic heterocycles. The molecule has 32 heavy (non-hydrogen) atoms. The van der Waals surface area contributed by atoms with E-state index >= 15 is 0 Å². The number of halogens is 2. The van der Waals surface area contributed by atoms with Gasteiger partial charge in [0.1, 0.15) is 12.4 Å². The van der Waals surface area contributed by atoms with Gasteiger partial charge in [-0.15, -0.1) is 0 Å². The molecule has 1 aromatic carbocycles. The summed E-state index contributed by atoms with van der Waals surface area (Å²) in [5.74, 6) is -1.77. The SMILES string of the molecule is CCN/C=C(\C=N)Oc1c(F)cc(COc2cc3n(c(=O)n2)CC2COCCN32)cc1F. The van der Waals surface area contributed by atoms with Crippen molar-refractivity contribution < 1.29 is 23.0 Å². The molecule has 4 rings (SSSR count). The fourth-order valence-corrected chi connectivity index (χ4v) is 3.65. The fourth-order valence-electron chi connectivity index (χ4n) is 3.65. The Morgan fingerprint density at radius 3 is 2.88 bits per heavy atom. The van der Waals surface area contributed by atoms with E-state index in [2.05, 4.69) is 15.2 Å². The van der Waals surface area contributed by atoms with E-state index in [1.54, 1.807) is 10.6 Å². The first kappa shape index (κ1) is 21.8. The predicted octanol–water partition coefficient (Wildman–Crippen LogP) is 1.80. The molecule has 170 valence electrons.